The third-order valence-electron chi connectivity index (χ3n) is 2.31. The van der Waals surface area contributed by atoms with Crippen LogP contribution in [0, 0.1) is 5.82 Å². The van der Waals surface area contributed by atoms with Gasteiger partial charge >= 0.3 is 0 Å². The van der Waals surface area contributed by atoms with Crippen molar-refractivity contribution in [2.75, 3.05) is 16.4 Å². The van der Waals surface area contributed by atoms with Crippen LogP contribution in [-0.2, 0) is 10.0 Å². The standard InChI is InChI=1S/C11H14ClFN2O3S/c12-5-1-2-6-19(17,18)15-10-7-8(11(14)16)3-4-9(10)13/h3-4,7,15H,1-2,5-6H2,(H2,14,16). The van der Waals surface area contributed by atoms with Gasteiger partial charge < -0.3 is 5.73 Å². The highest BCUT2D eigenvalue weighted by Crippen LogP contribution is 2.18. The van der Waals surface area contributed by atoms with Gasteiger partial charge in [-0.05, 0) is 31.0 Å². The number of rotatable bonds is 7. The fourth-order valence-electron chi connectivity index (χ4n) is 1.36. The average Bonchev–Trinajstić information content (AvgIpc) is 2.31. The summed E-state index contributed by atoms with van der Waals surface area (Å²) in [5, 5.41) is 0. The van der Waals surface area contributed by atoms with E-state index in [-0.39, 0.29) is 17.0 Å². The Balaban J connectivity index is 2.86. The van der Waals surface area contributed by atoms with Crippen molar-refractivity contribution in [1.82, 2.24) is 0 Å². The lowest BCUT2D eigenvalue weighted by Gasteiger charge is -2.09. The number of unbranched alkanes of at least 4 members (excludes halogenated alkanes) is 1. The first kappa shape index (κ1) is 15.7. The first-order valence-corrected chi connectivity index (χ1v) is 7.70. The van der Waals surface area contributed by atoms with Crippen LogP contribution in [0.3, 0.4) is 0 Å². The van der Waals surface area contributed by atoms with Crippen molar-refractivity contribution in [3.63, 3.8) is 0 Å². The number of primary amides is 1. The Morgan fingerprint density at radius 1 is 1.37 bits per heavy atom. The molecule has 8 heteroatoms. The van der Waals surface area contributed by atoms with E-state index in [0.717, 1.165) is 12.1 Å². The lowest BCUT2D eigenvalue weighted by atomic mass is 10.2. The van der Waals surface area contributed by atoms with Gasteiger partial charge in [0, 0.05) is 11.4 Å². The van der Waals surface area contributed by atoms with Crippen LogP contribution in [0.2, 0.25) is 0 Å². The maximum absolute atomic E-state index is 13.5. The summed E-state index contributed by atoms with van der Waals surface area (Å²) in [7, 11) is -3.67. The summed E-state index contributed by atoms with van der Waals surface area (Å²) >= 11 is 5.44. The maximum atomic E-state index is 13.5. The van der Waals surface area contributed by atoms with Crippen molar-refractivity contribution >= 4 is 33.2 Å². The monoisotopic (exact) mass is 308 g/mol. The van der Waals surface area contributed by atoms with E-state index in [4.69, 9.17) is 17.3 Å². The van der Waals surface area contributed by atoms with Gasteiger partial charge in [0.25, 0.3) is 0 Å². The SMILES string of the molecule is NC(=O)c1ccc(F)c(NS(=O)(=O)CCCCCl)c1. The molecule has 0 atom stereocenters. The number of alkyl halides is 1. The van der Waals surface area contributed by atoms with E-state index < -0.39 is 21.7 Å². The molecule has 1 aromatic rings. The van der Waals surface area contributed by atoms with E-state index in [1.165, 1.54) is 6.07 Å². The number of nitrogens with two attached hydrogens (primary N) is 1. The van der Waals surface area contributed by atoms with Gasteiger partial charge in [-0.15, -0.1) is 11.6 Å². The van der Waals surface area contributed by atoms with E-state index >= 15 is 0 Å². The van der Waals surface area contributed by atoms with Gasteiger partial charge in [0.05, 0.1) is 11.4 Å². The van der Waals surface area contributed by atoms with Crippen LogP contribution in [-0.4, -0.2) is 26.0 Å². The fraction of sp³-hybridized carbons (Fsp3) is 0.364. The number of halogens is 2. The van der Waals surface area contributed by atoms with E-state index in [1.807, 2.05) is 0 Å². The van der Waals surface area contributed by atoms with E-state index in [0.29, 0.717) is 18.7 Å². The predicted octanol–water partition coefficient (Wildman–Crippen LogP) is 1.69. The van der Waals surface area contributed by atoms with Gasteiger partial charge in [0.15, 0.2) is 0 Å². The van der Waals surface area contributed by atoms with Crippen molar-refractivity contribution in [2.24, 2.45) is 5.73 Å². The summed E-state index contributed by atoms with van der Waals surface area (Å²) in [5.74, 6) is -1.34. The molecule has 0 saturated carbocycles. The number of carbonyl (C=O) groups is 1. The molecule has 106 valence electrons. The Morgan fingerprint density at radius 3 is 2.63 bits per heavy atom. The lowest BCUT2D eigenvalue weighted by Crippen LogP contribution is -2.18. The van der Waals surface area contributed by atoms with Gasteiger partial charge in [0.2, 0.25) is 15.9 Å². The Bertz CT molecular complexity index is 563. The second-order valence-electron chi connectivity index (χ2n) is 3.88. The van der Waals surface area contributed by atoms with Crippen LogP contribution in [0.1, 0.15) is 23.2 Å². The van der Waals surface area contributed by atoms with E-state index in [2.05, 4.69) is 4.72 Å². The Hall–Kier alpha value is -1.34. The van der Waals surface area contributed by atoms with Crippen molar-refractivity contribution in [2.45, 2.75) is 12.8 Å². The molecule has 1 amide bonds. The van der Waals surface area contributed by atoms with E-state index in [9.17, 15) is 17.6 Å². The zero-order valence-corrected chi connectivity index (χ0v) is 11.6. The minimum atomic E-state index is -3.67. The third-order valence-corrected chi connectivity index (χ3v) is 3.94. The molecule has 0 unspecified atom stereocenters. The van der Waals surface area contributed by atoms with Gasteiger partial charge in [-0.3, -0.25) is 9.52 Å². The number of hydrogen-bond donors (Lipinski definition) is 2. The number of nitrogens with one attached hydrogen (secondary N) is 1. The fourth-order valence-corrected chi connectivity index (χ4v) is 2.73. The van der Waals surface area contributed by atoms with Crippen LogP contribution in [0.5, 0.6) is 0 Å². The molecular formula is C11H14ClFN2O3S. The summed E-state index contributed by atoms with van der Waals surface area (Å²) in [6.45, 7) is 0. The number of carbonyl (C=O) groups excluding carboxylic acids is 1. The molecule has 0 heterocycles. The molecule has 1 rings (SSSR count). The molecule has 3 N–H and O–H groups in total. The zero-order chi connectivity index (χ0) is 14.5. The molecule has 0 spiro atoms. The zero-order valence-electron chi connectivity index (χ0n) is 10.0. The Morgan fingerprint density at radius 2 is 2.05 bits per heavy atom. The molecule has 19 heavy (non-hydrogen) atoms. The molecule has 0 bridgehead atoms. The topological polar surface area (TPSA) is 89.3 Å². The second-order valence-corrected chi connectivity index (χ2v) is 6.10. The van der Waals surface area contributed by atoms with Gasteiger partial charge in [-0.25, -0.2) is 12.8 Å². The smallest absolute Gasteiger partial charge is 0.248 e. The van der Waals surface area contributed by atoms with Crippen LogP contribution >= 0.6 is 11.6 Å². The summed E-state index contributed by atoms with van der Waals surface area (Å²) < 4.78 is 38.9. The first-order valence-electron chi connectivity index (χ1n) is 5.51. The molecule has 0 saturated heterocycles. The van der Waals surface area contributed by atoms with Crippen molar-refractivity contribution in [3.05, 3.63) is 29.6 Å². The highest BCUT2D eigenvalue weighted by molar-refractivity contribution is 7.92. The Labute approximate surface area is 116 Å². The minimum Gasteiger partial charge on any atom is -0.366 e. The number of hydrogen-bond acceptors (Lipinski definition) is 3. The highest BCUT2D eigenvalue weighted by Gasteiger charge is 2.14. The van der Waals surface area contributed by atoms with Gasteiger partial charge in [-0.1, -0.05) is 0 Å². The molecule has 5 nitrogen and oxygen atoms in total. The molecule has 0 aliphatic rings. The first-order chi connectivity index (χ1) is 8.85. The lowest BCUT2D eigenvalue weighted by molar-refractivity contribution is 0.100. The van der Waals surface area contributed by atoms with Crippen LogP contribution < -0.4 is 10.5 Å². The summed E-state index contributed by atoms with van der Waals surface area (Å²) in [6.07, 6.45) is 0.919. The van der Waals surface area contributed by atoms with Crippen molar-refractivity contribution in [3.8, 4) is 0 Å². The number of anilines is 1. The van der Waals surface area contributed by atoms with Crippen molar-refractivity contribution in [1.29, 1.82) is 0 Å². The second kappa shape index (κ2) is 6.72. The Kier molecular flexibility index (Phi) is 5.56. The summed E-state index contributed by atoms with van der Waals surface area (Å²) in [6, 6.07) is 3.23. The molecular weight excluding hydrogens is 295 g/mol. The van der Waals surface area contributed by atoms with Crippen LogP contribution in [0.4, 0.5) is 10.1 Å². The maximum Gasteiger partial charge on any atom is 0.248 e. The molecule has 0 aromatic heterocycles. The minimum absolute atomic E-state index is 0.0276. The highest BCUT2D eigenvalue weighted by atomic mass is 35.5. The average molecular weight is 309 g/mol. The summed E-state index contributed by atoms with van der Waals surface area (Å²) in [4.78, 5) is 10.9. The van der Waals surface area contributed by atoms with Crippen LogP contribution in [0.15, 0.2) is 18.2 Å². The molecule has 1 aromatic carbocycles. The van der Waals surface area contributed by atoms with Crippen molar-refractivity contribution < 1.29 is 17.6 Å². The number of amides is 1. The largest absolute Gasteiger partial charge is 0.366 e. The summed E-state index contributed by atoms with van der Waals surface area (Å²) in [5.41, 5.74) is 4.78. The predicted molar refractivity (Wildman–Crippen MR) is 72.3 cm³/mol. The third kappa shape index (κ3) is 5.04. The molecule has 0 radical (unpaired) electrons. The number of benzene rings is 1. The quantitative estimate of drug-likeness (QED) is 0.593. The normalized spacial score (nSPS) is 11.3. The molecule has 0 aliphatic carbocycles. The molecule has 0 aliphatic heterocycles. The number of sulfonamides is 1. The van der Waals surface area contributed by atoms with Gasteiger partial charge in [0.1, 0.15) is 5.82 Å². The van der Waals surface area contributed by atoms with E-state index in [1.54, 1.807) is 0 Å². The van der Waals surface area contributed by atoms with Crippen LogP contribution in [0.25, 0.3) is 0 Å². The van der Waals surface area contributed by atoms with Gasteiger partial charge in [-0.2, -0.15) is 0 Å². The molecule has 0 fully saturated rings.